The molecule has 1 aliphatic rings. The lowest BCUT2D eigenvalue weighted by molar-refractivity contribution is -0.124. The van der Waals surface area contributed by atoms with Crippen LogP contribution in [0.3, 0.4) is 0 Å². The highest BCUT2D eigenvalue weighted by Gasteiger charge is 2.25. The highest BCUT2D eigenvalue weighted by molar-refractivity contribution is 5.90. The summed E-state index contributed by atoms with van der Waals surface area (Å²) in [4.78, 5) is 11.1. The molecule has 0 saturated carbocycles. The van der Waals surface area contributed by atoms with Crippen LogP contribution in [-0.2, 0) is 11.2 Å². The smallest absolute Gasteiger partial charge is 0.267 e. The van der Waals surface area contributed by atoms with Gasteiger partial charge in [-0.25, -0.2) is 5.48 Å². The Morgan fingerprint density at radius 3 is 2.92 bits per heavy atom. The summed E-state index contributed by atoms with van der Waals surface area (Å²) in [6.07, 6.45) is 7.11. The van der Waals surface area contributed by atoms with E-state index < -0.39 is 5.91 Å². The SMILES string of the molecule is CC[C@H](C)C[C@@H](CO)N[C@@H]1CCc2cc(C=CC(=O)NO)ccc21. The van der Waals surface area contributed by atoms with Crippen LogP contribution >= 0.6 is 0 Å². The van der Waals surface area contributed by atoms with Gasteiger partial charge in [-0.1, -0.05) is 38.5 Å². The van der Waals surface area contributed by atoms with E-state index in [1.807, 2.05) is 6.07 Å². The van der Waals surface area contributed by atoms with Gasteiger partial charge in [0.1, 0.15) is 0 Å². The largest absolute Gasteiger partial charge is 0.395 e. The van der Waals surface area contributed by atoms with Crippen molar-refractivity contribution in [1.29, 1.82) is 0 Å². The molecule has 4 N–H and O–H groups in total. The predicted molar refractivity (Wildman–Crippen MR) is 94.5 cm³/mol. The van der Waals surface area contributed by atoms with Crippen molar-refractivity contribution in [2.75, 3.05) is 6.61 Å². The van der Waals surface area contributed by atoms with E-state index in [0.717, 1.165) is 31.2 Å². The maximum atomic E-state index is 11.1. The zero-order valence-electron chi connectivity index (χ0n) is 14.5. The molecule has 0 fully saturated rings. The van der Waals surface area contributed by atoms with Crippen LogP contribution in [0.15, 0.2) is 24.3 Å². The Hall–Kier alpha value is -1.69. The molecule has 0 unspecified atom stereocenters. The van der Waals surface area contributed by atoms with Crippen molar-refractivity contribution < 1.29 is 15.1 Å². The van der Waals surface area contributed by atoms with Crippen LogP contribution in [-0.4, -0.2) is 28.9 Å². The Kier molecular flexibility index (Phi) is 6.97. The predicted octanol–water partition coefficient (Wildman–Crippen LogP) is 2.58. The van der Waals surface area contributed by atoms with Crippen LogP contribution in [0.5, 0.6) is 0 Å². The van der Waals surface area contributed by atoms with Crippen LogP contribution < -0.4 is 10.8 Å². The van der Waals surface area contributed by atoms with Crippen molar-refractivity contribution in [3.05, 3.63) is 41.0 Å². The number of aryl methyl sites for hydroxylation is 1. The molecule has 132 valence electrons. The second-order valence-electron chi connectivity index (χ2n) is 6.65. The second kappa shape index (κ2) is 8.97. The van der Waals surface area contributed by atoms with Crippen molar-refractivity contribution in [2.45, 2.75) is 51.6 Å². The van der Waals surface area contributed by atoms with E-state index in [-0.39, 0.29) is 18.7 Å². The summed E-state index contributed by atoms with van der Waals surface area (Å²) in [5, 5.41) is 21.7. The first kappa shape index (κ1) is 18.6. The molecule has 0 heterocycles. The van der Waals surface area contributed by atoms with Gasteiger partial charge >= 0.3 is 0 Å². The zero-order chi connectivity index (χ0) is 17.5. The van der Waals surface area contributed by atoms with Crippen LogP contribution in [0, 0.1) is 5.92 Å². The molecule has 3 atom stereocenters. The Bertz CT molecular complexity index is 586. The summed E-state index contributed by atoms with van der Waals surface area (Å²) in [5.41, 5.74) is 5.08. The van der Waals surface area contributed by atoms with Gasteiger partial charge in [0.2, 0.25) is 0 Å². The minimum atomic E-state index is -0.536. The molecule has 1 amide bonds. The molecule has 0 aromatic heterocycles. The summed E-state index contributed by atoms with van der Waals surface area (Å²) in [7, 11) is 0. The van der Waals surface area contributed by atoms with Gasteiger partial charge in [0, 0.05) is 18.2 Å². The number of hydroxylamine groups is 1. The molecular weight excluding hydrogens is 304 g/mol. The fourth-order valence-corrected chi connectivity index (χ4v) is 3.26. The van der Waals surface area contributed by atoms with Crippen LogP contribution in [0.4, 0.5) is 0 Å². The number of benzene rings is 1. The molecule has 5 nitrogen and oxygen atoms in total. The molecule has 1 aliphatic carbocycles. The Morgan fingerprint density at radius 2 is 2.25 bits per heavy atom. The van der Waals surface area contributed by atoms with Gasteiger partial charge in [-0.05, 0) is 47.9 Å². The molecule has 0 spiro atoms. The highest BCUT2D eigenvalue weighted by atomic mass is 16.5. The molecule has 0 saturated heterocycles. The summed E-state index contributed by atoms with van der Waals surface area (Å²) in [6.45, 7) is 4.55. The number of hydrogen-bond donors (Lipinski definition) is 4. The number of nitrogens with one attached hydrogen (secondary N) is 2. The number of carbonyl (C=O) groups is 1. The van der Waals surface area contributed by atoms with Crippen molar-refractivity contribution in [2.24, 2.45) is 5.92 Å². The number of carbonyl (C=O) groups excluding carboxylic acids is 1. The van der Waals surface area contributed by atoms with Gasteiger partial charge < -0.3 is 10.4 Å². The quantitative estimate of drug-likeness (QED) is 0.335. The number of aliphatic hydroxyl groups excluding tert-OH is 1. The average Bonchev–Trinajstić information content (AvgIpc) is 3.00. The van der Waals surface area contributed by atoms with Gasteiger partial charge in [-0.2, -0.15) is 0 Å². The number of hydrogen-bond acceptors (Lipinski definition) is 4. The van der Waals surface area contributed by atoms with Crippen molar-refractivity contribution >= 4 is 12.0 Å². The van der Waals surface area contributed by atoms with Gasteiger partial charge in [0.15, 0.2) is 0 Å². The molecule has 1 aromatic carbocycles. The van der Waals surface area contributed by atoms with Crippen LogP contribution in [0.25, 0.3) is 6.08 Å². The molecule has 2 rings (SSSR count). The lowest BCUT2D eigenvalue weighted by Crippen LogP contribution is -2.36. The van der Waals surface area contributed by atoms with E-state index in [1.165, 1.54) is 17.2 Å². The Balaban J connectivity index is 2.04. The maximum Gasteiger partial charge on any atom is 0.267 e. The summed E-state index contributed by atoms with van der Waals surface area (Å²) >= 11 is 0. The zero-order valence-corrected chi connectivity index (χ0v) is 14.5. The first-order valence-corrected chi connectivity index (χ1v) is 8.69. The van der Waals surface area contributed by atoms with Gasteiger partial charge in [-0.3, -0.25) is 10.0 Å². The third-order valence-corrected chi connectivity index (χ3v) is 4.82. The van der Waals surface area contributed by atoms with Crippen LogP contribution in [0.2, 0.25) is 0 Å². The molecule has 5 heteroatoms. The first-order chi connectivity index (χ1) is 11.6. The van der Waals surface area contributed by atoms with Gasteiger partial charge in [0.05, 0.1) is 6.61 Å². The first-order valence-electron chi connectivity index (χ1n) is 8.69. The number of amides is 1. The average molecular weight is 332 g/mol. The topological polar surface area (TPSA) is 81.6 Å². The van der Waals surface area contributed by atoms with Crippen LogP contribution in [0.1, 0.15) is 55.8 Å². The van der Waals surface area contributed by atoms with E-state index in [2.05, 4.69) is 31.3 Å². The summed E-state index contributed by atoms with van der Waals surface area (Å²) in [6, 6.07) is 6.56. The monoisotopic (exact) mass is 332 g/mol. The van der Waals surface area contributed by atoms with E-state index in [1.54, 1.807) is 11.6 Å². The minimum Gasteiger partial charge on any atom is -0.395 e. The lowest BCUT2D eigenvalue weighted by Gasteiger charge is -2.24. The third-order valence-electron chi connectivity index (χ3n) is 4.82. The Labute approximate surface area is 143 Å². The third kappa shape index (κ3) is 4.90. The highest BCUT2D eigenvalue weighted by Crippen LogP contribution is 2.32. The van der Waals surface area contributed by atoms with Crippen molar-refractivity contribution in [3.63, 3.8) is 0 Å². The summed E-state index contributed by atoms with van der Waals surface area (Å²) < 4.78 is 0. The Morgan fingerprint density at radius 1 is 1.46 bits per heavy atom. The molecule has 0 bridgehead atoms. The minimum absolute atomic E-state index is 0.128. The standard InChI is InChI=1S/C19H28N2O3/c1-3-13(2)10-16(12-22)20-18-8-6-15-11-14(4-7-17(15)18)5-9-19(23)21-24/h4-5,7,9,11,13,16,18,20,22,24H,3,6,8,10,12H2,1-2H3,(H,21,23)/t13-,16-,18+/m0/s1. The van der Waals surface area contributed by atoms with E-state index in [9.17, 15) is 9.90 Å². The van der Waals surface area contributed by atoms with E-state index in [4.69, 9.17) is 5.21 Å². The molecule has 0 radical (unpaired) electrons. The fraction of sp³-hybridized carbons (Fsp3) is 0.526. The van der Waals surface area contributed by atoms with Gasteiger partial charge in [-0.15, -0.1) is 0 Å². The summed E-state index contributed by atoms with van der Waals surface area (Å²) in [5.74, 6) is 0.0616. The molecule has 24 heavy (non-hydrogen) atoms. The van der Waals surface area contributed by atoms with Gasteiger partial charge in [0.25, 0.3) is 5.91 Å². The number of aliphatic hydroxyl groups is 1. The van der Waals surface area contributed by atoms with Crippen molar-refractivity contribution in [3.8, 4) is 0 Å². The fourth-order valence-electron chi connectivity index (χ4n) is 3.26. The molecule has 0 aliphatic heterocycles. The van der Waals surface area contributed by atoms with E-state index >= 15 is 0 Å². The lowest BCUT2D eigenvalue weighted by atomic mass is 9.98. The normalized spacial score (nSPS) is 19.2. The van der Waals surface area contributed by atoms with E-state index in [0.29, 0.717) is 5.92 Å². The number of rotatable bonds is 8. The number of fused-ring (bicyclic) bond motifs is 1. The molecule has 1 aromatic rings. The van der Waals surface area contributed by atoms with Crippen molar-refractivity contribution in [1.82, 2.24) is 10.8 Å². The maximum absolute atomic E-state index is 11.1. The second-order valence-corrected chi connectivity index (χ2v) is 6.65. The molecular formula is C19H28N2O3.